The summed E-state index contributed by atoms with van der Waals surface area (Å²) in [6, 6.07) is 7.03. The Labute approximate surface area is 118 Å². The van der Waals surface area contributed by atoms with E-state index in [1.807, 2.05) is 4.90 Å². The zero-order chi connectivity index (χ0) is 14.5. The molecule has 6 nitrogen and oxygen atoms in total. The standard InChI is InChI=1S/C14H20N4O2/c1-17-8-9-18(10-14(17)20)7-6-13(19)16-12-4-2-11(15)3-5-12/h2-5H,6-10,15H2,1H3,(H,16,19). The van der Waals surface area contributed by atoms with Crippen LogP contribution < -0.4 is 11.1 Å². The summed E-state index contributed by atoms with van der Waals surface area (Å²) in [7, 11) is 1.80. The quantitative estimate of drug-likeness (QED) is 0.779. The smallest absolute Gasteiger partial charge is 0.236 e. The number of benzene rings is 1. The summed E-state index contributed by atoms with van der Waals surface area (Å²) in [5.74, 6) is 0.0522. The van der Waals surface area contributed by atoms with Crippen molar-refractivity contribution in [2.45, 2.75) is 6.42 Å². The summed E-state index contributed by atoms with van der Waals surface area (Å²) in [5, 5.41) is 2.81. The summed E-state index contributed by atoms with van der Waals surface area (Å²) >= 11 is 0. The van der Waals surface area contributed by atoms with Crippen molar-refractivity contribution in [2.75, 3.05) is 44.3 Å². The lowest BCUT2D eigenvalue weighted by Gasteiger charge is -2.31. The molecule has 108 valence electrons. The zero-order valence-corrected chi connectivity index (χ0v) is 11.6. The molecule has 6 heteroatoms. The van der Waals surface area contributed by atoms with Crippen molar-refractivity contribution in [3.63, 3.8) is 0 Å². The van der Waals surface area contributed by atoms with E-state index in [9.17, 15) is 9.59 Å². The molecule has 20 heavy (non-hydrogen) atoms. The van der Waals surface area contributed by atoms with Gasteiger partial charge in [-0.05, 0) is 24.3 Å². The molecule has 1 saturated heterocycles. The van der Waals surface area contributed by atoms with Crippen molar-refractivity contribution in [1.29, 1.82) is 0 Å². The van der Waals surface area contributed by atoms with Crippen LogP contribution >= 0.6 is 0 Å². The van der Waals surface area contributed by atoms with Gasteiger partial charge in [-0.3, -0.25) is 14.5 Å². The van der Waals surface area contributed by atoms with Crippen LogP contribution in [0, 0.1) is 0 Å². The number of carbonyl (C=O) groups is 2. The maximum Gasteiger partial charge on any atom is 0.236 e. The fourth-order valence-electron chi connectivity index (χ4n) is 2.05. The molecule has 0 spiro atoms. The van der Waals surface area contributed by atoms with Gasteiger partial charge >= 0.3 is 0 Å². The Bertz CT molecular complexity index is 486. The lowest BCUT2D eigenvalue weighted by Crippen LogP contribution is -2.49. The molecular formula is C14H20N4O2. The Morgan fingerprint density at radius 3 is 2.65 bits per heavy atom. The van der Waals surface area contributed by atoms with Crippen LogP contribution in [0.5, 0.6) is 0 Å². The van der Waals surface area contributed by atoms with E-state index in [2.05, 4.69) is 5.32 Å². The normalized spacial score (nSPS) is 16.2. The molecule has 0 aliphatic carbocycles. The van der Waals surface area contributed by atoms with Gasteiger partial charge in [0.2, 0.25) is 11.8 Å². The maximum atomic E-state index is 11.8. The first-order valence-corrected chi connectivity index (χ1v) is 6.66. The molecule has 1 fully saturated rings. The van der Waals surface area contributed by atoms with Crippen LogP contribution in [0.15, 0.2) is 24.3 Å². The maximum absolute atomic E-state index is 11.8. The van der Waals surface area contributed by atoms with Gasteiger partial charge in [0.15, 0.2) is 0 Å². The number of amides is 2. The summed E-state index contributed by atoms with van der Waals surface area (Å²) in [6.07, 6.45) is 0.376. The third-order valence-corrected chi connectivity index (χ3v) is 3.39. The molecular weight excluding hydrogens is 256 g/mol. The molecule has 0 atom stereocenters. The molecule has 1 aliphatic heterocycles. The van der Waals surface area contributed by atoms with Gasteiger partial charge in [0.05, 0.1) is 6.54 Å². The number of hydrogen-bond acceptors (Lipinski definition) is 4. The number of anilines is 2. The number of nitrogens with zero attached hydrogens (tertiary/aromatic N) is 2. The third kappa shape index (κ3) is 3.96. The van der Waals surface area contributed by atoms with Gasteiger partial charge in [0, 0.05) is 44.5 Å². The molecule has 0 saturated carbocycles. The highest BCUT2D eigenvalue weighted by Gasteiger charge is 2.20. The Hall–Kier alpha value is -2.08. The second-order valence-corrected chi connectivity index (χ2v) is 5.01. The summed E-state index contributed by atoms with van der Waals surface area (Å²) in [5.41, 5.74) is 6.98. The molecule has 0 aromatic heterocycles. The Balaban J connectivity index is 1.75. The van der Waals surface area contributed by atoms with Crippen molar-refractivity contribution in [1.82, 2.24) is 9.80 Å². The number of nitrogens with two attached hydrogens (primary N) is 1. The minimum atomic E-state index is -0.0545. The summed E-state index contributed by atoms with van der Waals surface area (Å²) in [6.45, 7) is 2.53. The van der Waals surface area contributed by atoms with Crippen molar-refractivity contribution >= 4 is 23.2 Å². The molecule has 0 bridgehead atoms. The van der Waals surface area contributed by atoms with E-state index in [1.54, 1.807) is 36.2 Å². The number of likely N-dealkylation sites (N-methyl/N-ethyl adjacent to an activating group) is 1. The molecule has 1 aliphatic rings. The molecule has 1 heterocycles. The van der Waals surface area contributed by atoms with Crippen LogP contribution in [0.1, 0.15) is 6.42 Å². The van der Waals surface area contributed by atoms with Crippen LogP contribution in [0.3, 0.4) is 0 Å². The number of rotatable bonds is 4. The predicted molar refractivity (Wildman–Crippen MR) is 78.2 cm³/mol. The Morgan fingerprint density at radius 2 is 2.00 bits per heavy atom. The SMILES string of the molecule is CN1CCN(CCC(=O)Nc2ccc(N)cc2)CC1=O. The lowest BCUT2D eigenvalue weighted by atomic mass is 10.2. The highest BCUT2D eigenvalue weighted by Crippen LogP contribution is 2.11. The largest absolute Gasteiger partial charge is 0.399 e. The number of nitrogens with one attached hydrogen (secondary N) is 1. The van der Waals surface area contributed by atoms with E-state index < -0.39 is 0 Å². The Morgan fingerprint density at radius 1 is 1.30 bits per heavy atom. The van der Waals surface area contributed by atoms with Crippen molar-refractivity contribution in [2.24, 2.45) is 0 Å². The van der Waals surface area contributed by atoms with Gasteiger partial charge in [-0.2, -0.15) is 0 Å². The minimum Gasteiger partial charge on any atom is -0.399 e. The first-order valence-electron chi connectivity index (χ1n) is 6.66. The number of piperazine rings is 1. The summed E-state index contributed by atoms with van der Waals surface area (Å²) in [4.78, 5) is 27.1. The van der Waals surface area contributed by atoms with Crippen LogP contribution in [-0.4, -0.2) is 54.8 Å². The van der Waals surface area contributed by atoms with Gasteiger partial charge in [-0.15, -0.1) is 0 Å². The lowest BCUT2D eigenvalue weighted by molar-refractivity contribution is -0.134. The van der Waals surface area contributed by atoms with Crippen LogP contribution in [0.25, 0.3) is 0 Å². The van der Waals surface area contributed by atoms with Crippen LogP contribution in [0.4, 0.5) is 11.4 Å². The molecule has 3 N–H and O–H groups in total. The molecule has 0 radical (unpaired) electrons. The first-order chi connectivity index (χ1) is 9.54. The highest BCUT2D eigenvalue weighted by molar-refractivity contribution is 5.91. The van der Waals surface area contributed by atoms with Gasteiger partial charge in [0.25, 0.3) is 0 Å². The van der Waals surface area contributed by atoms with Crippen molar-refractivity contribution in [3.05, 3.63) is 24.3 Å². The predicted octanol–water partition coefficient (Wildman–Crippen LogP) is 0.371. The molecule has 2 rings (SSSR count). The van der Waals surface area contributed by atoms with Gasteiger partial charge in [-0.1, -0.05) is 0 Å². The van der Waals surface area contributed by atoms with E-state index in [4.69, 9.17) is 5.73 Å². The van der Waals surface area contributed by atoms with Crippen molar-refractivity contribution < 1.29 is 9.59 Å². The fraction of sp³-hybridized carbons (Fsp3) is 0.429. The average molecular weight is 276 g/mol. The zero-order valence-electron chi connectivity index (χ0n) is 11.6. The molecule has 0 unspecified atom stereocenters. The molecule has 1 aromatic carbocycles. The minimum absolute atomic E-state index is 0.0545. The topological polar surface area (TPSA) is 78.7 Å². The molecule has 2 amide bonds. The van der Waals surface area contributed by atoms with Gasteiger partial charge in [-0.25, -0.2) is 0 Å². The second kappa shape index (κ2) is 6.38. The highest BCUT2D eigenvalue weighted by atomic mass is 16.2. The fourth-order valence-corrected chi connectivity index (χ4v) is 2.05. The van der Waals surface area contributed by atoms with Gasteiger partial charge in [0.1, 0.15) is 0 Å². The van der Waals surface area contributed by atoms with Crippen molar-refractivity contribution in [3.8, 4) is 0 Å². The summed E-state index contributed by atoms with van der Waals surface area (Å²) < 4.78 is 0. The van der Waals surface area contributed by atoms with E-state index in [0.717, 1.165) is 18.8 Å². The number of carbonyl (C=O) groups excluding carboxylic acids is 2. The monoisotopic (exact) mass is 276 g/mol. The first kappa shape index (κ1) is 14.3. The van der Waals surface area contributed by atoms with E-state index >= 15 is 0 Å². The van der Waals surface area contributed by atoms with Crippen LogP contribution in [0.2, 0.25) is 0 Å². The number of hydrogen-bond donors (Lipinski definition) is 2. The number of nitrogen functional groups attached to an aromatic ring is 1. The van der Waals surface area contributed by atoms with Gasteiger partial charge < -0.3 is 16.0 Å². The second-order valence-electron chi connectivity index (χ2n) is 5.01. The van der Waals surface area contributed by atoms with E-state index in [0.29, 0.717) is 25.2 Å². The van der Waals surface area contributed by atoms with E-state index in [1.165, 1.54) is 0 Å². The molecule has 1 aromatic rings. The Kier molecular flexibility index (Phi) is 4.57. The third-order valence-electron chi connectivity index (χ3n) is 3.39. The van der Waals surface area contributed by atoms with E-state index in [-0.39, 0.29) is 11.8 Å². The van der Waals surface area contributed by atoms with Crippen LogP contribution in [-0.2, 0) is 9.59 Å². The average Bonchev–Trinajstić information content (AvgIpc) is 2.43.